The Hall–Kier alpha value is -1.79. The van der Waals surface area contributed by atoms with Crippen molar-refractivity contribution in [2.75, 3.05) is 20.4 Å². The average Bonchev–Trinajstić information content (AvgIpc) is 3.09. The van der Waals surface area contributed by atoms with E-state index in [1.54, 1.807) is 14.2 Å². The maximum absolute atomic E-state index is 5.32. The Morgan fingerprint density at radius 1 is 0.880 bits per heavy atom. The summed E-state index contributed by atoms with van der Waals surface area (Å²) in [4.78, 5) is 0. The van der Waals surface area contributed by atoms with Gasteiger partial charge in [-0.1, -0.05) is 43.3 Å². The maximum atomic E-state index is 5.32. The summed E-state index contributed by atoms with van der Waals surface area (Å²) in [6.07, 6.45) is 9.69. The van der Waals surface area contributed by atoms with E-state index in [0.29, 0.717) is 5.41 Å². The third-order valence-electron chi connectivity index (χ3n) is 5.08. The number of hydrogen-bond acceptors (Lipinski definition) is 2. The molecule has 0 heterocycles. The Morgan fingerprint density at radius 2 is 1.40 bits per heavy atom. The van der Waals surface area contributed by atoms with E-state index in [9.17, 15) is 0 Å². The molecule has 0 unspecified atom stereocenters. The lowest BCUT2D eigenvalue weighted by Crippen LogP contribution is -2.18. The van der Waals surface area contributed by atoms with E-state index in [2.05, 4.69) is 67.6 Å². The Morgan fingerprint density at radius 3 is 1.80 bits per heavy atom. The van der Waals surface area contributed by atoms with Crippen molar-refractivity contribution < 1.29 is 9.47 Å². The zero-order valence-electron chi connectivity index (χ0n) is 15.4. The highest BCUT2D eigenvalue weighted by Gasteiger charge is 2.26. The van der Waals surface area contributed by atoms with Crippen LogP contribution in [0.5, 0.6) is 11.5 Å². The summed E-state index contributed by atoms with van der Waals surface area (Å²) in [7, 11) is 3.05. The first kappa shape index (κ1) is 18.0. The lowest BCUT2D eigenvalue weighted by atomic mass is 9.87. The summed E-state index contributed by atoms with van der Waals surface area (Å²) >= 11 is 0. The summed E-state index contributed by atoms with van der Waals surface area (Å²) in [6, 6.07) is 17.2. The van der Waals surface area contributed by atoms with Gasteiger partial charge in [-0.3, -0.25) is 0 Å². The van der Waals surface area contributed by atoms with Crippen molar-refractivity contribution in [2.24, 2.45) is 5.41 Å². The molecule has 1 atom stereocenters. The highest BCUT2D eigenvalue weighted by Crippen LogP contribution is 2.42. The van der Waals surface area contributed by atoms with Crippen LogP contribution < -0.4 is 20.1 Å². The summed E-state index contributed by atoms with van der Waals surface area (Å²) in [5.41, 5.74) is 0.361. The fraction of sp³-hybridized carbons (Fsp3) is 0.364. The molecule has 3 rings (SSSR count). The molecule has 2 nitrogen and oxygen atoms in total. The first-order valence-electron chi connectivity index (χ1n) is 8.87. The second kappa shape index (κ2) is 8.06. The fourth-order valence-corrected chi connectivity index (χ4v) is 5.94. The van der Waals surface area contributed by atoms with Gasteiger partial charge in [0, 0.05) is 0 Å². The Kier molecular flexibility index (Phi) is 5.81. The fourth-order valence-electron chi connectivity index (χ4n) is 3.37. The van der Waals surface area contributed by atoms with Gasteiger partial charge in [-0.25, -0.2) is 0 Å². The van der Waals surface area contributed by atoms with Crippen LogP contribution in [0.15, 0.2) is 60.7 Å². The molecular formula is C22H27O2P. The Bertz CT molecular complexity index is 658. The molecule has 2 aromatic rings. The third kappa shape index (κ3) is 4.44. The van der Waals surface area contributed by atoms with E-state index in [1.807, 2.05) is 0 Å². The Balaban J connectivity index is 1.84. The molecular weight excluding hydrogens is 327 g/mol. The largest absolute Gasteiger partial charge is 0.497 e. The smallest absolute Gasteiger partial charge is 0.118 e. The molecule has 2 aromatic carbocycles. The maximum Gasteiger partial charge on any atom is 0.118 e. The van der Waals surface area contributed by atoms with E-state index in [0.717, 1.165) is 11.5 Å². The summed E-state index contributed by atoms with van der Waals surface area (Å²) in [5.74, 6) is 1.83. The Labute approximate surface area is 152 Å². The van der Waals surface area contributed by atoms with Crippen molar-refractivity contribution in [1.82, 2.24) is 0 Å². The zero-order chi connectivity index (χ0) is 17.7. The van der Waals surface area contributed by atoms with Crippen LogP contribution in [-0.4, -0.2) is 20.4 Å². The van der Waals surface area contributed by atoms with Crippen LogP contribution in [0.2, 0.25) is 0 Å². The highest BCUT2D eigenvalue weighted by atomic mass is 31.1. The SMILES string of the molecule is COc1ccc(P(CC[C@@]2(C)C=CCC2)c2ccc(OC)cc2)cc1. The van der Waals surface area contributed by atoms with Crippen molar-refractivity contribution in [3.05, 3.63) is 60.7 Å². The summed E-state index contributed by atoms with van der Waals surface area (Å²) in [5, 5.41) is 2.82. The van der Waals surface area contributed by atoms with Gasteiger partial charge in [0.05, 0.1) is 14.2 Å². The topological polar surface area (TPSA) is 18.5 Å². The third-order valence-corrected chi connectivity index (χ3v) is 7.59. The van der Waals surface area contributed by atoms with Crippen LogP contribution in [0.25, 0.3) is 0 Å². The van der Waals surface area contributed by atoms with E-state index >= 15 is 0 Å². The number of methoxy groups -OCH3 is 2. The van der Waals surface area contributed by atoms with Crippen molar-refractivity contribution in [3.63, 3.8) is 0 Å². The lowest BCUT2D eigenvalue weighted by Gasteiger charge is -2.26. The van der Waals surface area contributed by atoms with Gasteiger partial charge in [0.25, 0.3) is 0 Å². The minimum absolute atomic E-state index is 0.361. The van der Waals surface area contributed by atoms with Crippen LogP contribution in [0.4, 0.5) is 0 Å². The number of allylic oxidation sites excluding steroid dienone is 2. The highest BCUT2D eigenvalue weighted by molar-refractivity contribution is 7.73. The van der Waals surface area contributed by atoms with Gasteiger partial charge >= 0.3 is 0 Å². The number of ether oxygens (including phenoxy) is 2. The zero-order valence-corrected chi connectivity index (χ0v) is 16.3. The van der Waals surface area contributed by atoms with E-state index in [4.69, 9.17) is 9.47 Å². The van der Waals surface area contributed by atoms with E-state index < -0.39 is 0 Å². The molecule has 0 aromatic heterocycles. The molecule has 0 amide bonds. The molecule has 3 heteroatoms. The van der Waals surface area contributed by atoms with Crippen molar-refractivity contribution in [2.45, 2.75) is 26.2 Å². The monoisotopic (exact) mass is 354 g/mol. The summed E-state index contributed by atoms with van der Waals surface area (Å²) in [6.45, 7) is 2.39. The van der Waals surface area contributed by atoms with E-state index in [-0.39, 0.29) is 7.92 Å². The molecule has 0 saturated heterocycles. The predicted octanol–water partition coefficient (Wildman–Crippen LogP) is 4.88. The van der Waals surface area contributed by atoms with E-state index in [1.165, 1.54) is 36.0 Å². The molecule has 132 valence electrons. The van der Waals surface area contributed by atoms with Gasteiger partial charge in [-0.2, -0.15) is 0 Å². The molecule has 0 radical (unpaired) electrons. The number of benzene rings is 2. The average molecular weight is 354 g/mol. The van der Waals surface area contributed by atoms with Gasteiger partial charge in [-0.15, -0.1) is 0 Å². The lowest BCUT2D eigenvalue weighted by molar-refractivity contribution is 0.406. The molecule has 0 fully saturated rings. The molecule has 1 aliphatic carbocycles. The van der Waals surface area contributed by atoms with Gasteiger partial charge in [0.15, 0.2) is 0 Å². The minimum atomic E-state index is -0.379. The van der Waals surface area contributed by atoms with Gasteiger partial charge < -0.3 is 9.47 Å². The van der Waals surface area contributed by atoms with Gasteiger partial charge in [0.1, 0.15) is 11.5 Å². The molecule has 0 aliphatic heterocycles. The van der Waals surface area contributed by atoms with Crippen LogP contribution in [0.3, 0.4) is 0 Å². The van der Waals surface area contributed by atoms with Gasteiger partial charge in [-0.05, 0) is 73.6 Å². The van der Waals surface area contributed by atoms with Crippen LogP contribution in [0, 0.1) is 5.41 Å². The molecule has 0 bridgehead atoms. The van der Waals surface area contributed by atoms with Crippen molar-refractivity contribution in [3.8, 4) is 11.5 Å². The normalized spacial score (nSPS) is 19.4. The standard InChI is InChI=1S/C22H27O2P/c1-22(14-4-5-15-22)16-17-25(20-10-6-18(23-2)7-11-20)21-12-8-19(24-3)9-13-21/h4,6-14H,5,15-17H2,1-3H3/t22-/m0/s1. The predicted molar refractivity (Wildman–Crippen MR) is 108 cm³/mol. The first-order valence-corrected chi connectivity index (χ1v) is 10.4. The summed E-state index contributed by atoms with van der Waals surface area (Å²) < 4.78 is 10.6. The molecule has 0 N–H and O–H groups in total. The first-order chi connectivity index (χ1) is 12.1. The number of rotatable bonds is 7. The van der Waals surface area contributed by atoms with Crippen molar-refractivity contribution in [1.29, 1.82) is 0 Å². The van der Waals surface area contributed by atoms with Crippen LogP contribution >= 0.6 is 7.92 Å². The molecule has 0 saturated carbocycles. The van der Waals surface area contributed by atoms with Crippen molar-refractivity contribution >= 4 is 18.5 Å². The molecule has 25 heavy (non-hydrogen) atoms. The second-order valence-corrected chi connectivity index (χ2v) is 9.23. The van der Waals surface area contributed by atoms with Gasteiger partial charge in [0.2, 0.25) is 0 Å². The minimum Gasteiger partial charge on any atom is -0.497 e. The van der Waals surface area contributed by atoms with Crippen LogP contribution in [-0.2, 0) is 0 Å². The molecule has 1 aliphatic rings. The number of hydrogen-bond donors (Lipinski definition) is 0. The quantitative estimate of drug-likeness (QED) is 0.521. The second-order valence-electron chi connectivity index (χ2n) is 6.89. The van der Waals surface area contributed by atoms with Crippen LogP contribution in [0.1, 0.15) is 26.2 Å². The molecule has 0 spiro atoms.